The van der Waals surface area contributed by atoms with Crippen molar-refractivity contribution < 1.29 is 4.79 Å². The molecule has 1 atom stereocenters. The monoisotopic (exact) mass is 361 g/mol. The molecule has 1 aliphatic rings. The Hall–Kier alpha value is -0.190. The molecule has 0 spiro atoms. The highest BCUT2D eigenvalue weighted by Gasteiger charge is 2.21. The summed E-state index contributed by atoms with van der Waals surface area (Å²) < 4.78 is 0.775. The molecular formula is C14H17BrClNOS. The van der Waals surface area contributed by atoms with Crippen molar-refractivity contribution in [3.63, 3.8) is 0 Å². The molecule has 0 radical (unpaired) electrons. The maximum atomic E-state index is 12.5. The molecule has 1 amide bonds. The number of nitrogens with zero attached hydrogens (tertiary/aromatic N) is 1. The fourth-order valence-electron chi connectivity index (χ4n) is 2.32. The maximum absolute atomic E-state index is 12.5. The average Bonchev–Trinajstić information content (AvgIpc) is 2.66. The molecule has 5 heteroatoms. The van der Waals surface area contributed by atoms with E-state index in [9.17, 15) is 4.79 Å². The van der Waals surface area contributed by atoms with Gasteiger partial charge in [-0.2, -0.15) is 11.8 Å². The first kappa shape index (κ1) is 15.2. The van der Waals surface area contributed by atoms with E-state index in [2.05, 4.69) is 22.2 Å². The van der Waals surface area contributed by atoms with Crippen LogP contribution in [0.15, 0.2) is 22.7 Å². The van der Waals surface area contributed by atoms with Crippen LogP contribution in [0.5, 0.6) is 0 Å². The van der Waals surface area contributed by atoms with Crippen LogP contribution in [0.25, 0.3) is 0 Å². The number of benzene rings is 1. The van der Waals surface area contributed by atoms with E-state index in [1.165, 1.54) is 6.42 Å². The largest absolute Gasteiger partial charge is 0.339 e. The second-order valence-corrected chi connectivity index (χ2v) is 7.11. The maximum Gasteiger partial charge on any atom is 0.253 e. The zero-order chi connectivity index (χ0) is 13.8. The summed E-state index contributed by atoms with van der Waals surface area (Å²) in [5.74, 6) is 0.110. The highest BCUT2D eigenvalue weighted by Crippen LogP contribution is 2.25. The molecule has 0 aromatic heterocycles. The normalized spacial score (nSPS) is 20.2. The van der Waals surface area contributed by atoms with Crippen molar-refractivity contribution in [2.75, 3.05) is 19.3 Å². The number of halogens is 2. The Balaban J connectivity index is 2.08. The molecule has 0 bridgehead atoms. The van der Waals surface area contributed by atoms with Gasteiger partial charge in [0.2, 0.25) is 0 Å². The Morgan fingerprint density at radius 1 is 1.42 bits per heavy atom. The van der Waals surface area contributed by atoms with Crippen LogP contribution in [0.4, 0.5) is 0 Å². The first-order valence-corrected chi connectivity index (χ1v) is 8.85. The molecular weight excluding hydrogens is 346 g/mol. The van der Waals surface area contributed by atoms with Crippen LogP contribution in [0.3, 0.4) is 0 Å². The smallest absolute Gasteiger partial charge is 0.253 e. The van der Waals surface area contributed by atoms with Gasteiger partial charge in [-0.3, -0.25) is 4.79 Å². The van der Waals surface area contributed by atoms with Crippen LogP contribution < -0.4 is 0 Å². The summed E-state index contributed by atoms with van der Waals surface area (Å²) in [6.07, 6.45) is 5.53. The summed E-state index contributed by atoms with van der Waals surface area (Å²) in [6.45, 7) is 1.71. The van der Waals surface area contributed by atoms with Crippen molar-refractivity contribution in [3.05, 3.63) is 33.3 Å². The number of thioether (sulfide) groups is 1. The Bertz CT molecular complexity index is 469. The van der Waals surface area contributed by atoms with Crippen LogP contribution >= 0.6 is 39.3 Å². The van der Waals surface area contributed by atoms with Gasteiger partial charge in [-0.25, -0.2) is 0 Å². The summed E-state index contributed by atoms with van der Waals surface area (Å²) in [5.41, 5.74) is 0.707. The molecule has 0 saturated carbocycles. The molecule has 19 heavy (non-hydrogen) atoms. The van der Waals surface area contributed by atoms with Gasteiger partial charge in [0.1, 0.15) is 0 Å². The molecule has 2 nitrogen and oxygen atoms in total. The highest BCUT2D eigenvalue weighted by molar-refractivity contribution is 9.10. The van der Waals surface area contributed by atoms with Crippen LogP contribution in [-0.2, 0) is 0 Å². The summed E-state index contributed by atoms with van der Waals surface area (Å²) in [5, 5.41) is 1.32. The average molecular weight is 363 g/mol. The Kier molecular flexibility index (Phi) is 5.60. The molecule has 1 aliphatic heterocycles. The van der Waals surface area contributed by atoms with Crippen molar-refractivity contribution in [3.8, 4) is 0 Å². The van der Waals surface area contributed by atoms with Crippen LogP contribution in [0.2, 0.25) is 5.02 Å². The van der Waals surface area contributed by atoms with E-state index < -0.39 is 0 Å². The minimum absolute atomic E-state index is 0.110. The Morgan fingerprint density at radius 2 is 2.21 bits per heavy atom. The Labute approximate surface area is 132 Å². The van der Waals surface area contributed by atoms with E-state index >= 15 is 0 Å². The molecule has 1 aromatic carbocycles. The number of hydrogen-bond acceptors (Lipinski definition) is 2. The van der Waals surface area contributed by atoms with Gasteiger partial charge >= 0.3 is 0 Å². The van der Waals surface area contributed by atoms with Crippen molar-refractivity contribution >= 4 is 45.2 Å². The summed E-state index contributed by atoms with van der Waals surface area (Å²) in [4.78, 5) is 14.4. The second-order valence-electron chi connectivity index (χ2n) is 4.71. The molecule has 2 rings (SSSR count). The van der Waals surface area contributed by atoms with Gasteiger partial charge in [-0.05, 0) is 59.6 Å². The molecule has 104 valence electrons. The van der Waals surface area contributed by atoms with Gasteiger partial charge < -0.3 is 4.90 Å². The molecule has 0 N–H and O–H groups in total. The van der Waals surface area contributed by atoms with E-state index in [1.807, 2.05) is 22.7 Å². The predicted molar refractivity (Wildman–Crippen MR) is 86.2 cm³/mol. The topological polar surface area (TPSA) is 20.3 Å². The van der Waals surface area contributed by atoms with Crippen LogP contribution in [0, 0.1) is 0 Å². The minimum Gasteiger partial charge on any atom is -0.339 e. The van der Waals surface area contributed by atoms with Crippen molar-refractivity contribution in [1.82, 2.24) is 4.90 Å². The molecule has 1 heterocycles. The van der Waals surface area contributed by atoms with Gasteiger partial charge in [0, 0.05) is 28.4 Å². The highest BCUT2D eigenvalue weighted by atomic mass is 79.9. The number of carbonyl (C=O) groups excluding carboxylic acids is 1. The molecule has 1 unspecified atom stereocenters. The summed E-state index contributed by atoms with van der Waals surface area (Å²) in [6, 6.07) is 5.37. The molecule has 1 aromatic rings. The van der Waals surface area contributed by atoms with Gasteiger partial charge in [0.05, 0.1) is 5.02 Å². The van der Waals surface area contributed by atoms with E-state index in [-0.39, 0.29) is 5.91 Å². The quantitative estimate of drug-likeness (QED) is 0.774. The van der Waals surface area contributed by atoms with Gasteiger partial charge in [-0.15, -0.1) is 0 Å². The van der Waals surface area contributed by atoms with Crippen LogP contribution in [-0.4, -0.2) is 35.4 Å². The minimum atomic E-state index is 0.110. The van der Waals surface area contributed by atoms with E-state index in [4.69, 9.17) is 11.6 Å². The zero-order valence-corrected chi connectivity index (χ0v) is 14.0. The SMILES string of the molecule is CSC1CCCN(C(=O)c2ccc(Cl)c(Br)c2)CC1. The fourth-order valence-corrected chi connectivity index (χ4v) is 3.56. The number of amides is 1. The number of hydrogen-bond donors (Lipinski definition) is 0. The van der Waals surface area contributed by atoms with E-state index in [0.29, 0.717) is 15.8 Å². The van der Waals surface area contributed by atoms with Crippen molar-refractivity contribution in [1.29, 1.82) is 0 Å². The summed E-state index contributed by atoms with van der Waals surface area (Å²) >= 11 is 11.2. The van der Waals surface area contributed by atoms with Crippen molar-refractivity contribution in [2.24, 2.45) is 0 Å². The van der Waals surface area contributed by atoms with Crippen molar-refractivity contribution in [2.45, 2.75) is 24.5 Å². The van der Waals surface area contributed by atoms with Crippen LogP contribution in [0.1, 0.15) is 29.6 Å². The third kappa shape index (κ3) is 3.89. The van der Waals surface area contributed by atoms with Gasteiger partial charge in [0.15, 0.2) is 0 Å². The third-order valence-corrected chi connectivity index (χ3v) is 5.81. The fraction of sp³-hybridized carbons (Fsp3) is 0.500. The lowest BCUT2D eigenvalue weighted by Gasteiger charge is -2.20. The molecule has 0 aliphatic carbocycles. The van der Waals surface area contributed by atoms with E-state index in [0.717, 1.165) is 30.4 Å². The number of rotatable bonds is 2. The van der Waals surface area contributed by atoms with Gasteiger partial charge in [-0.1, -0.05) is 11.6 Å². The number of carbonyl (C=O) groups is 1. The lowest BCUT2D eigenvalue weighted by molar-refractivity contribution is 0.0762. The standard InChI is InChI=1S/C14H17BrClNOS/c1-19-11-3-2-7-17(8-6-11)14(18)10-4-5-13(16)12(15)9-10/h4-5,9,11H,2-3,6-8H2,1H3. The third-order valence-electron chi connectivity index (χ3n) is 3.46. The number of likely N-dealkylation sites (tertiary alicyclic amines) is 1. The summed E-state index contributed by atoms with van der Waals surface area (Å²) in [7, 11) is 0. The van der Waals surface area contributed by atoms with E-state index in [1.54, 1.807) is 12.1 Å². The van der Waals surface area contributed by atoms with Gasteiger partial charge in [0.25, 0.3) is 5.91 Å². The molecule has 1 saturated heterocycles. The second kappa shape index (κ2) is 7.00. The lowest BCUT2D eigenvalue weighted by atomic mass is 10.2. The lowest BCUT2D eigenvalue weighted by Crippen LogP contribution is -2.32. The predicted octanol–water partition coefficient (Wildman–Crippen LogP) is 4.46. The first-order chi connectivity index (χ1) is 9.11. The zero-order valence-electron chi connectivity index (χ0n) is 10.9. The molecule has 1 fully saturated rings. The Morgan fingerprint density at radius 3 is 2.89 bits per heavy atom. The first-order valence-electron chi connectivity index (χ1n) is 6.39.